The first-order chi connectivity index (χ1) is 13.1. The third kappa shape index (κ3) is 5.31. The summed E-state index contributed by atoms with van der Waals surface area (Å²) in [5.41, 5.74) is 2.27. The van der Waals surface area contributed by atoms with E-state index in [1.54, 1.807) is 24.3 Å². The zero-order chi connectivity index (χ0) is 19.1. The number of hydrogen-bond donors (Lipinski definition) is 3. The van der Waals surface area contributed by atoms with Gasteiger partial charge in [-0.25, -0.2) is 0 Å². The van der Waals surface area contributed by atoms with Gasteiger partial charge in [-0.1, -0.05) is 35.9 Å². The Hall–Kier alpha value is -2.37. The first-order valence-corrected chi connectivity index (χ1v) is 9.64. The molecule has 1 fully saturated rings. The van der Waals surface area contributed by atoms with Crippen LogP contribution in [-0.4, -0.2) is 38.0 Å². The van der Waals surface area contributed by atoms with Crippen LogP contribution in [0.25, 0.3) is 0 Å². The Balaban J connectivity index is 1.48. The Labute approximate surface area is 164 Å². The molecule has 1 aliphatic rings. The van der Waals surface area contributed by atoms with Crippen molar-refractivity contribution < 1.29 is 9.59 Å². The number of carbonyl (C=O) groups excluding carboxylic acids is 2. The lowest BCUT2D eigenvalue weighted by atomic mass is 9.90. The summed E-state index contributed by atoms with van der Waals surface area (Å²) < 4.78 is 0. The molecule has 1 heterocycles. The second kappa shape index (κ2) is 9.53. The molecule has 142 valence electrons. The minimum absolute atomic E-state index is 0.132. The lowest BCUT2D eigenvalue weighted by molar-refractivity contribution is 0.0927. The van der Waals surface area contributed by atoms with Gasteiger partial charge < -0.3 is 16.0 Å². The molecule has 5 nitrogen and oxygen atoms in total. The fourth-order valence-corrected chi connectivity index (χ4v) is 3.49. The van der Waals surface area contributed by atoms with Gasteiger partial charge in [0.05, 0.1) is 10.6 Å². The second-order valence-corrected chi connectivity index (χ2v) is 7.07. The molecule has 0 bridgehead atoms. The summed E-state index contributed by atoms with van der Waals surface area (Å²) in [6.45, 7) is 2.71. The molecule has 0 aromatic heterocycles. The van der Waals surface area contributed by atoms with Crippen LogP contribution >= 0.6 is 11.6 Å². The molecule has 0 spiro atoms. The SMILES string of the molecule is O=C(NCCNC(=O)c1ccccc1Cl)c1cccc([C@@H]2CCCNC2)c1. The molecule has 0 saturated carbocycles. The van der Waals surface area contributed by atoms with E-state index >= 15 is 0 Å². The highest BCUT2D eigenvalue weighted by molar-refractivity contribution is 6.33. The maximum Gasteiger partial charge on any atom is 0.252 e. The van der Waals surface area contributed by atoms with Crippen molar-refractivity contribution in [1.82, 2.24) is 16.0 Å². The monoisotopic (exact) mass is 385 g/mol. The summed E-state index contributed by atoms with van der Waals surface area (Å²) in [6.07, 6.45) is 2.30. The number of halogens is 1. The molecule has 2 amide bonds. The number of piperidine rings is 1. The smallest absolute Gasteiger partial charge is 0.252 e. The fourth-order valence-electron chi connectivity index (χ4n) is 3.26. The van der Waals surface area contributed by atoms with Gasteiger partial charge in [-0.05, 0) is 55.1 Å². The van der Waals surface area contributed by atoms with Crippen LogP contribution in [0.4, 0.5) is 0 Å². The number of rotatable bonds is 6. The molecule has 1 aliphatic heterocycles. The molecule has 2 aromatic carbocycles. The van der Waals surface area contributed by atoms with Gasteiger partial charge >= 0.3 is 0 Å². The van der Waals surface area contributed by atoms with Crippen LogP contribution in [0.3, 0.4) is 0 Å². The van der Waals surface area contributed by atoms with Crippen LogP contribution in [-0.2, 0) is 0 Å². The third-order valence-corrected chi connectivity index (χ3v) is 5.06. The number of nitrogens with one attached hydrogen (secondary N) is 3. The van der Waals surface area contributed by atoms with Crippen molar-refractivity contribution in [3.63, 3.8) is 0 Å². The molecule has 3 rings (SSSR count). The summed E-state index contributed by atoms with van der Waals surface area (Å²) in [5, 5.41) is 9.42. The van der Waals surface area contributed by atoms with E-state index in [2.05, 4.69) is 22.0 Å². The van der Waals surface area contributed by atoms with Crippen LogP contribution in [0, 0.1) is 0 Å². The lowest BCUT2D eigenvalue weighted by Gasteiger charge is -2.23. The average molecular weight is 386 g/mol. The highest BCUT2D eigenvalue weighted by Crippen LogP contribution is 2.23. The number of carbonyl (C=O) groups is 2. The van der Waals surface area contributed by atoms with Gasteiger partial charge in [0.2, 0.25) is 0 Å². The molecule has 6 heteroatoms. The molecule has 27 heavy (non-hydrogen) atoms. The lowest BCUT2D eigenvalue weighted by Crippen LogP contribution is -2.35. The van der Waals surface area contributed by atoms with Crippen molar-refractivity contribution >= 4 is 23.4 Å². The zero-order valence-electron chi connectivity index (χ0n) is 15.1. The fraction of sp³-hybridized carbons (Fsp3) is 0.333. The molecule has 2 aromatic rings. The van der Waals surface area contributed by atoms with Gasteiger partial charge in [0.1, 0.15) is 0 Å². The molecule has 1 atom stereocenters. The number of hydrogen-bond acceptors (Lipinski definition) is 3. The van der Waals surface area contributed by atoms with E-state index < -0.39 is 0 Å². The molecular formula is C21H24ClN3O2. The van der Waals surface area contributed by atoms with E-state index in [0.717, 1.165) is 25.9 Å². The van der Waals surface area contributed by atoms with E-state index in [1.165, 1.54) is 5.56 Å². The van der Waals surface area contributed by atoms with Crippen molar-refractivity contribution in [2.75, 3.05) is 26.2 Å². The summed E-state index contributed by atoms with van der Waals surface area (Å²) in [7, 11) is 0. The Bertz CT molecular complexity index is 804. The third-order valence-electron chi connectivity index (χ3n) is 4.73. The number of amides is 2. The summed E-state index contributed by atoms with van der Waals surface area (Å²) in [6, 6.07) is 14.7. The van der Waals surface area contributed by atoms with Crippen molar-refractivity contribution in [1.29, 1.82) is 0 Å². The van der Waals surface area contributed by atoms with E-state index in [4.69, 9.17) is 11.6 Å². The Kier molecular flexibility index (Phi) is 6.85. The average Bonchev–Trinajstić information content (AvgIpc) is 2.72. The van der Waals surface area contributed by atoms with Gasteiger partial charge in [-0.2, -0.15) is 0 Å². The molecule has 0 aliphatic carbocycles. The Morgan fingerprint density at radius 1 is 1.04 bits per heavy atom. The predicted octanol–water partition coefficient (Wildman–Crippen LogP) is 2.97. The van der Waals surface area contributed by atoms with Crippen LogP contribution < -0.4 is 16.0 Å². The largest absolute Gasteiger partial charge is 0.350 e. The van der Waals surface area contributed by atoms with Gasteiger partial charge in [0.15, 0.2) is 0 Å². The minimum atomic E-state index is -0.248. The van der Waals surface area contributed by atoms with Crippen LogP contribution in [0.5, 0.6) is 0 Å². The van der Waals surface area contributed by atoms with Crippen molar-refractivity contribution in [2.45, 2.75) is 18.8 Å². The Morgan fingerprint density at radius 2 is 1.81 bits per heavy atom. The van der Waals surface area contributed by atoms with E-state index in [0.29, 0.717) is 35.2 Å². The van der Waals surface area contributed by atoms with Crippen LogP contribution in [0.15, 0.2) is 48.5 Å². The van der Waals surface area contributed by atoms with Crippen molar-refractivity contribution in [3.05, 3.63) is 70.2 Å². The maximum absolute atomic E-state index is 12.4. The maximum atomic E-state index is 12.4. The van der Waals surface area contributed by atoms with Crippen LogP contribution in [0.1, 0.15) is 45.0 Å². The standard InChI is InChI=1S/C21H24ClN3O2/c22-19-9-2-1-8-18(19)21(27)25-12-11-24-20(26)16-6-3-5-15(13-16)17-7-4-10-23-14-17/h1-3,5-6,8-9,13,17,23H,4,7,10-12,14H2,(H,24,26)(H,25,27)/t17-/m1/s1. The normalized spacial score (nSPS) is 16.6. The van der Waals surface area contributed by atoms with Crippen molar-refractivity contribution in [2.24, 2.45) is 0 Å². The van der Waals surface area contributed by atoms with E-state index in [1.807, 2.05) is 18.2 Å². The minimum Gasteiger partial charge on any atom is -0.350 e. The zero-order valence-corrected chi connectivity index (χ0v) is 15.9. The predicted molar refractivity (Wildman–Crippen MR) is 107 cm³/mol. The van der Waals surface area contributed by atoms with Gasteiger partial charge in [-0.3, -0.25) is 9.59 Å². The first-order valence-electron chi connectivity index (χ1n) is 9.27. The summed E-state index contributed by atoms with van der Waals surface area (Å²) in [5.74, 6) is 0.0793. The highest BCUT2D eigenvalue weighted by Gasteiger charge is 2.16. The van der Waals surface area contributed by atoms with E-state index in [-0.39, 0.29) is 11.8 Å². The molecule has 0 radical (unpaired) electrons. The van der Waals surface area contributed by atoms with Gasteiger partial charge in [0.25, 0.3) is 11.8 Å². The molecule has 1 saturated heterocycles. The van der Waals surface area contributed by atoms with Crippen LogP contribution in [0.2, 0.25) is 5.02 Å². The molecule has 0 unspecified atom stereocenters. The van der Waals surface area contributed by atoms with Gasteiger partial charge in [0, 0.05) is 25.2 Å². The first kappa shape index (κ1) is 19.4. The topological polar surface area (TPSA) is 70.2 Å². The van der Waals surface area contributed by atoms with E-state index in [9.17, 15) is 9.59 Å². The highest BCUT2D eigenvalue weighted by atomic mass is 35.5. The summed E-state index contributed by atoms with van der Waals surface area (Å²) >= 11 is 6.01. The summed E-state index contributed by atoms with van der Waals surface area (Å²) in [4.78, 5) is 24.5. The second-order valence-electron chi connectivity index (χ2n) is 6.66. The Morgan fingerprint density at radius 3 is 2.56 bits per heavy atom. The van der Waals surface area contributed by atoms with Crippen molar-refractivity contribution in [3.8, 4) is 0 Å². The molecule has 3 N–H and O–H groups in total. The number of benzene rings is 2. The van der Waals surface area contributed by atoms with Gasteiger partial charge in [-0.15, -0.1) is 0 Å². The quantitative estimate of drug-likeness (QED) is 0.669. The molecular weight excluding hydrogens is 362 g/mol.